The third-order valence-electron chi connectivity index (χ3n) is 2.26. The molecule has 0 radical (unpaired) electrons. The van der Waals surface area contributed by atoms with E-state index in [1.807, 2.05) is 0 Å². The number of nitrogens with zero attached hydrogens (tertiary/aromatic N) is 1. The van der Waals surface area contributed by atoms with Gasteiger partial charge in [0.15, 0.2) is 0 Å². The summed E-state index contributed by atoms with van der Waals surface area (Å²) in [6, 6.07) is 6.06. The van der Waals surface area contributed by atoms with Crippen LogP contribution in [0.3, 0.4) is 0 Å². The van der Waals surface area contributed by atoms with Crippen molar-refractivity contribution in [3.05, 3.63) is 47.1 Å². The van der Waals surface area contributed by atoms with Crippen molar-refractivity contribution in [1.29, 1.82) is 0 Å². The summed E-state index contributed by atoms with van der Waals surface area (Å²) in [6.45, 7) is 0. The van der Waals surface area contributed by atoms with E-state index in [1.165, 1.54) is 18.2 Å². The number of hydrogen-bond acceptors (Lipinski definition) is 3. The summed E-state index contributed by atoms with van der Waals surface area (Å²) in [5.74, 6) is 0.0849. The normalized spacial score (nSPS) is 11.4. The Balaban J connectivity index is 2.26. The molecule has 0 saturated carbocycles. The standard InChI is InChI=1S/C12H8ClF3N2O/c13-9-6-8(1-2-10(9)17)19-11-5-7(3-4-18-11)12(14,15)16/h1-6H,17H2. The molecule has 3 nitrogen and oxygen atoms in total. The topological polar surface area (TPSA) is 48.1 Å². The second-order valence-electron chi connectivity index (χ2n) is 3.67. The minimum absolute atomic E-state index is 0.171. The number of pyridine rings is 1. The SMILES string of the molecule is Nc1ccc(Oc2cc(C(F)(F)F)ccn2)cc1Cl. The van der Waals surface area contributed by atoms with Crippen molar-refractivity contribution in [2.45, 2.75) is 6.18 Å². The highest BCUT2D eigenvalue weighted by atomic mass is 35.5. The largest absolute Gasteiger partial charge is 0.439 e. The quantitative estimate of drug-likeness (QED) is 0.845. The summed E-state index contributed by atoms with van der Waals surface area (Å²) in [4.78, 5) is 3.70. The first-order valence-electron chi connectivity index (χ1n) is 5.12. The van der Waals surface area contributed by atoms with Crippen LogP contribution in [0.2, 0.25) is 5.02 Å². The van der Waals surface area contributed by atoms with Crippen LogP contribution in [0.25, 0.3) is 0 Å². The van der Waals surface area contributed by atoms with Crippen LogP contribution in [0.5, 0.6) is 11.6 Å². The molecule has 19 heavy (non-hydrogen) atoms. The zero-order valence-electron chi connectivity index (χ0n) is 9.41. The molecule has 2 aromatic rings. The molecule has 0 atom stereocenters. The molecule has 0 bridgehead atoms. The third-order valence-corrected chi connectivity index (χ3v) is 2.58. The van der Waals surface area contributed by atoms with Crippen molar-refractivity contribution in [2.24, 2.45) is 0 Å². The molecule has 2 N–H and O–H groups in total. The molecule has 0 aliphatic rings. The van der Waals surface area contributed by atoms with Crippen molar-refractivity contribution in [1.82, 2.24) is 4.98 Å². The number of nitrogen functional groups attached to an aromatic ring is 1. The lowest BCUT2D eigenvalue weighted by molar-refractivity contribution is -0.137. The highest BCUT2D eigenvalue weighted by Gasteiger charge is 2.31. The van der Waals surface area contributed by atoms with Crippen LogP contribution in [0.15, 0.2) is 36.5 Å². The number of nitrogens with two attached hydrogens (primary N) is 1. The van der Waals surface area contributed by atoms with E-state index in [0.29, 0.717) is 5.69 Å². The van der Waals surface area contributed by atoms with Crippen LogP contribution in [0.4, 0.5) is 18.9 Å². The maximum absolute atomic E-state index is 12.5. The minimum Gasteiger partial charge on any atom is -0.439 e. The predicted octanol–water partition coefficient (Wildman–Crippen LogP) is 4.13. The van der Waals surface area contributed by atoms with Gasteiger partial charge in [0.25, 0.3) is 0 Å². The number of halogens is 4. The maximum atomic E-state index is 12.5. The molecule has 0 unspecified atom stereocenters. The highest BCUT2D eigenvalue weighted by Crippen LogP contribution is 2.32. The van der Waals surface area contributed by atoms with Gasteiger partial charge < -0.3 is 10.5 Å². The number of aromatic nitrogens is 1. The van der Waals surface area contributed by atoms with E-state index >= 15 is 0 Å². The number of ether oxygens (including phenoxy) is 1. The second kappa shape index (κ2) is 4.97. The Hall–Kier alpha value is -1.95. The van der Waals surface area contributed by atoms with Crippen molar-refractivity contribution < 1.29 is 17.9 Å². The highest BCUT2D eigenvalue weighted by molar-refractivity contribution is 6.33. The average Bonchev–Trinajstić information content (AvgIpc) is 2.33. The molecule has 0 aliphatic heterocycles. The van der Waals surface area contributed by atoms with Crippen LogP contribution in [0, 0.1) is 0 Å². The lowest BCUT2D eigenvalue weighted by atomic mass is 10.2. The van der Waals surface area contributed by atoms with E-state index in [-0.39, 0.29) is 16.7 Å². The molecule has 2 rings (SSSR count). The fourth-order valence-corrected chi connectivity index (χ4v) is 1.50. The first-order chi connectivity index (χ1) is 8.86. The van der Waals surface area contributed by atoms with E-state index < -0.39 is 11.7 Å². The van der Waals surface area contributed by atoms with E-state index in [0.717, 1.165) is 18.3 Å². The lowest BCUT2D eigenvalue weighted by Gasteiger charge is -2.09. The van der Waals surface area contributed by atoms with Gasteiger partial charge in [-0.2, -0.15) is 13.2 Å². The molecule has 0 fully saturated rings. The van der Waals surface area contributed by atoms with Crippen molar-refractivity contribution >= 4 is 17.3 Å². The molecule has 0 spiro atoms. The Morgan fingerprint density at radius 1 is 1.16 bits per heavy atom. The molecular weight excluding hydrogens is 281 g/mol. The summed E-state index contributed by atoms with van der Waals surface area (Å²) in [5.41, 5.74) is 5.03. The average molecular weight is 289 g/mol. The molecule has 0 saturated heterocycles. The molecule has 1 aromatic carbocycles. The smallest absolute Gasteiger partial charge is 0.416 e. The molecule has 1 heterocycles. The Morgan fingerprint density at radius 2 is 1.89 bits per heavy atom. The summed E-state index contributed by atoms with van der Waals surface area (Å²) in [6.07, 6.45) is -3.42. The summed E-state index contributed by atoms with van der Waals surface area (Å²) < 4.78 is 42.7. The van der Waals surface area contributed by atoms with Gasteiger partial charge in [-0.15, -0.1) is 0 Å². The van der Waals surface area contributed by atoms with Crippen LogP contribution in [-0.2, 0) is 6.18 Å². The van der Waals surface area contributed by atoms with Crippen molar-refractivity contribution in [3.63, 3.8) is 0 Å². The molecule has 0 amide bonds. The van der Waals surface area contributed by atoms with Crippen LogP contribution >= 0.6 is 11.6 Å². The van der Waals surface area contributed by atoms with Gasteiger partial charge in [-0.3, -0.25) is 0 Å². The van der Waals surface area contributed by atoms with Crippen molar-refractivity contribution in [3.8, 4) is 11.6 Å². The van der Waals surface area contributed by atoms with Gasteiger partial charge in [0.05, 0.1) is 16.3 Å². The maximum Gasteiger partial charge on any atom is 0.416 e. The van der Waals surface area contributed by atoms with Gasteiger partial charge in [0, 0.05) is 18.3 Å². The van der Waals surface area contributed by atoms with E-state index in [9.17, 15) is 13.2 Å². The van der Waals surface area contributed by atoms with Gasteiger partial charge >= 0.3 is 6.18 Å². The van der Waals surface area contributed by atoms with Crippen LogP contribution < -0.4 is 10.5 Å². The Kier molecular flexibility index (Phi) is 3.53. The van der Waals surface area contributed by atoms with E-state index in [1.54, 1.807) is 0 Å². The monoisotopic (exact) mass is 288 g/mol. The van der Waals surface area contributed by atoms with Gasteiger partial charge in [0.1, 0.15) is 5.75 Å². The molecule has 0 aliphatic carbocycles. The van der Waals surface area contributed by atoms with Gasteiger partial charge in [-0.25, -0.2) is 4.98 Å². The number of alkyl halides is 3. The van der Waals surface area contributed by atoms with Gasteiger partial charge in [0.2, 0.25) is 5.88 Å². The lowest BCUT2D eigenvalue weighted by Crippen LogP contribution is -2.05. The molecule has 100 valence electrons. The summed E-state index contributed by atoms with van der Waals surface area (Å²) >= 11 is 5.78. The molecular formula is C12H8ClF3N2O. The number of benzene rings is 1. The predicted molar refractivity (Wildman–Crippen MR) is 65.2 cm³/mol. The molecule has 1 aromatic heterocycles. The van der Waals surface area contributed by atoms with Crippen LogP contribution in [-0.4, -0.2) is 4.98 Å². The van der Waals surface area contributed by atoms with Crippen LogP contribution in [0.1, 0.15) is 5.56 Å². The number of hydrogen-bond donors (Lipinski definition) is 1. The first kappa shape index (κ1) is 13.5. The second-order valence-corrected chi connectivity index (χ2v) is 4.07. The van der Waals surface area contributed by atoms with E-state index in [4.69, 9.17) is 22.1 Å². The summed E-state index contributed by atoms with van der Waals surface area (Å²) in [5, 5.41) is 0.254. The van der Waals surface area contributed by atoms with Gasteiger partial charge in [-0.05, 0) is 18.2 Å². The summed E-state index contributed by atoms with van der Waals surface area (Å²) in [7, 11) is 0. The fraction of sp³-hybridized carbons (Fsp3) is 0.0833. The fourth-order valence-electron chi connectivity index (χ4n) is 1.33. The van der Waals surface area contributed by atoms with E-state index in [2.05, 4.69) is 4.98 Å². The van der Waals surface area contributed by atoms with Crippen molar-refractivity contribution in [2.75, 3.05) is 5.73 Å². The minimum atomic E-state index is -4.44. The zero-order chi connectivity index (χ0) is 14.0. The zero-order valence-corrected chi connectivity index (χ0v) is 10.2. The Bertz CT molecular complexity index is 602. The van der Waals surface area contributed by atoms with Gasteiger partial charge in [-0.1, -0.05) is 11.6 Å². The first-order valence-corrected chi connectivity index (χ1v) is 5.50. The number of anilines is 1. The molecule has 7 heteroatoms. The Morgan fingerprint density at radius 3 is 2.53 bits per heavy atom. The Labute approximate surface area is 111 Å². The number of rotatable bonds is 2. The third kappa shape index (κ3) is 3.29.